The highest BCUT2D eigenvalue weighted by molar-refractivity contribution is 5.97. The van der Waals surface area contributed by atoms with E-state index in [2.05, 4.69) is 0 Å². The van der Waals surface area contributed by atoms with E-state index in [1.165, 1.54) is 9.80 Å². The van der Waals surface area contributed by atoms with E-state index in [9.17, 15) is 9.59 Å². The van der Waals surface area contributed by atoms with Crippen molar-refractivity contribution in [1.82, 2.24) is 9.80 Å². The van der Waals surface area contributed by atoms with Gasteiger partial charge in [0, 0.05) is 14.1 Å². The lowest BCUT2D eigenvalue weighted by atomic mass is 9.99. The molecule has 68 valence electrons. The summed E-state index contributed by atoms with van der Waals surface area (Å²) >= 11 is 0. The quantitative estimate of drug-likeness (QED) is 0.500. The molecule has 0 aliphatic carbocycles. The van der Waals surface area contributed by atoms with Gasteiger partial charge in [-0.1, -0.05) is 0 Å². The molecule has 0 spiro atoms. The molecule has 12 heavy (non-hydrogen) atoms. The molecule has 1 saturated heterocycles. The summed E-state index contributed by atoms with van der Waals surface area (Å²) in [6, 6.07) is 0. The summed E-state index contributed by atoms with van der Waals surface area (Å²) in [5.41, 5.74) is -0.690. The zero-order valence-electron chi connectivity index (χ0n) is 7.92. The van der Waals surface area contributed by atoms with Crippen molar-refractivity contribution in [2.75, 3.05) is 20.6 Å². The molecule has 1 heterocycles. The van der Waals surface area contributed by atoms with Gasteiger partial charge in [0.15, 0.2) is 0 Å². The molecule has 0 atom stereocenters. The SMILES string of the molecule is CN1CC(=O)N(C)C(C)(C)C1=O. The molecule has 0 bridgehead atoms. The molecule has 0 radical (unpaired) electrons. The predicted molar refractivity (Wildman–Crippen MR) is 44.5 cm³/mol. The van der Waals surface area contributed by atoms with E-state index in [1.54, 1.807) is 27.9 Å². The van der Waals surface area contributed by atoms with Crippen LogP contribution >= 0.6 is 0 Å². The number of hydrogen-bond donors (Lipinski definition) is 0. The van der Waals surface area contributed by atoms with Gasteiger partial charge in [-0.3, -0.25) is 9.59 Å². The molecule has 0 unspecified atom stereocenters. The molecule has 2 amide bonds. The number of likely N-dealkylation sites (N-methyl/N-ethyl adjacent to an activating group) is 2. The van der Waals surface area contributed by atoms with E-state index in [0.29, 0.717) is 0 Å². The second kappa shape index (κ2) is 2.47. The first-order valence-electron chi connectivity index (χ1n) is 3.89. The van der Waals surface area contributed by atoms with E-state index < -0.39 is 5.54 Å². The van der Waals surface area contributed by atoms with Crippen LogP contribution < -0.4 is 0 Å². The summed E-state index contributed by atoms with van der Waals surface area (Å²) in [5, 5.41) is 0. The van der Waals surface area contributed by atoms with Gasteiger partial charge in [-0.25, -0.2) is 0 Å². The van der Waals surface area contributed by atoms with Crippen molar-refractivity contribution in [2.24, 2.45) is 0 Å². The standard InChI is InChI=1S/C8H14N2O2/c1-8(2)7(12)9(3)5-6(11)10(8)4/h5H2,1-4H3. The Morgan fingerprint density at radius 2 is 1.75 bits per heavy atom. The lowest BCUT2D eigenvalue weighted by Crippen LogP contribution is -2.63. The Morgan fingerprint density at radius 3 is 2.25 bits per heavy atom. The van der Waals surface area contributed by atoms with Gasteiger partial charge in [-0.15, -0.1) is 0 Å². The molecular weight excluding hydrogens is 156 g/mol. The molecule has 1 aliphatic heterocycles. The van der Waals surface area contributed by atoms with Crippen LogP contribution in [0.3, 0.4) is 0 Å². The third-order valence-corrected chi connectivity index (χ3v) is 2.46. The van der Waals surface area contributed by atoms with Gasteiger partial charge in [-0.2, -0.15) is 0 Å². The summed E-state index contributed by atoms with van der Waals surface area (Å²) in [5.74, 6) is -0.0216. The Labute approximate surface area is 72.1 Å². The van der Waals surface area contributed by atoms with Gasteiger partial charge < -0.3 is 9.80 Å². The lowest BCUT2D eigenvalue weighted by molar-refractivity contribution is -0.159. The first-order chi connectivity index (χ1) is 5.37. The van der Waals surface area contributed by atoms with Crippen LogP contribution in [0.15, 0.2) is 0 Å². The van der Waals surface area contributed by atoms with Crippen LogP contribution in [0.1, 0.15) is 13.8 Å². The Hall–Kier alpha value is -1.06. The van der Waals surface area contributed by atoms with Crippen molar-refractivity contribution in [2.45, 2.75) is 19.4 Å². The average molecular weight is 170 g/mol. The molecule has 4 heteroatoms. The van der Waals surface area contributed by atoms with Crippen molar-refractivity contribution >= 4 is 11.8 Å². The molecule has 0 N–H and O–H groups in total. The lowest BCUT2D eigenvalue weighted by Gasteiger charge is -2.42. The fraction of sp³-hybridized carbons (Fsp3) is 0.750. The number of hydrogen-bond acceptors (Lipinski definition) is 2. The molecule has 1 aliphatic rings. The fourth-order valence-corrected chi connectivity index (χ4v) is 1.30. The minimum Gasteiger partial charge on any atom is -0.334 e. The van der Waals surface area contributed by atoms with Crippen molar-refractivity contribution in [1.29, 1.82) is 0 Å². The van der Waals surface area contributed by atoms with Crippen LogP contribution in [-0.4, -0.2) is 47.8 Å². The Bertz CT molecular complexity index is 235. The monoisotopic (exact) mass is 170 g/mol. The molecule has 0 aromatic rings. The highest BCUT2D eigenvalue weighted by atomic mass is 16.2. The topological polar surface area (TPSA) is 40.6 Å². The second-order valence-corrected chi connectivity index (χ2v) is 3.67. The maximum atomic E-state index is 11.5. The van der Waals surface area contributed by atoms with E-state index in [1.807, 2.05) is 0 Å². The Balaban J connectivity index is 2.97. The minimum absolute atomic E-state index is 0.00963. The Kier molecular flexibility index (Phi) is 1.86. The van der Waals surface area contributed by atoms with E-state index in [0.717, 1.165) is 0 Å². The zero-order chi connectivity index (χ0) is 9.52. The molecule has 1 rings (SSSR count). The average Bonchev–Trinajstić information content (AvgIpc) is 1.99. The summed E-state index contributed by atoms with van der Waals surface area (Å²) in [4.78, 5) is 25.8. The van der Waals surface area contributed by atoms with Crippen LogP contribution in [0.25, 0.3) is 0 Å². The molecule has 0 aromatic carbocycles. The summed E-state index contributed by atoms with van der Waals surface area (Å²) in [6.45, 7) is 3.70. The normalized spacial score (nSPS) is 23.3. The largest absolute Gasteiger partial charge is 0.334 e. The van der Waals surface area contributed by atoms with Gasteiger partial charge >= 0.3 is 0 Å². The number of carbonyl (C=O) groups is 2. The van der Waals surface area contributed by atoms with E-state index >= 15 is 0 Å². The minimum atomic E-state index is -0.690. The molecule has 0 saturated carbocycles. The van der Waals surface area contributed by atoms with Crippen LogP contribution in [-0.2, 0) is 9.59 Å². The van der Waals surface area contributed by atoms with Gasteiger partial charge in [0.2, 0.25) is 11.8 Å². The van der Waals surface area contributed by atoms with Crippen molar-refractivity contribution in [3.8, 4) is 0 Å². The molecule has 4 nitrogen and oxygen atoms in total. The first kappa shape index (κ1) is 9.03. The first-order valence-corrected chi connectivity index (χ1v) is 3.89. The van der Waals surface area contributed by atoms with E-state index in [-0.39, 0.29) is 18.4 Å². The summed E-state index contributed by atoms with van der Waals surface area (Å²) < 4.78 is 0. The third kappa shape index (κ3) is 1.07. The fourth-order valence-electron chi connectivity index (χ4n) is 1.30. The zero-order valence-corrected chi connectivity index (χ0v) is 7.92. The Morgan fingerprint density at radius 1 is 1.25 bits per heavy atom. The van der Waals surface area contributed by atoms with E-state index in [4.69, 9.17) is 0 Å². The van der Waals surface area contributed by atoms with Crippen molar-refractivity contribution in [3.63, 3.8) is 0 Å². The maximum Gasteiger partial charge on any atom is 0.248 e. The van der Waals surface area contributed by atoms with Gasteiger partial charge in [-0.05, 0) is 13.8 Å². The van der Waals surface area contributed by atoms with Gasteiger partial charge in [0.25, 0.3) is 0 Å². The predicted octanol–water partition coefficient (Wildman–Crippen LogP) is -0.305. The van der Waals surface area contributed by atoms with Crippen LogP contribution in [0.5, 0.6) is 0 Å². The summed E-state index contributed by atoms with van der Waals surface area (Å²) in [7, 11) is 3.31. The van der Waals surface area contributed by atoms with Crippen LogP contribution in [0.4, 0.5) is 0 Å². The van der Waals surface area contributed by atoms with Crippen molar-refractivity contribution in [3.05, 3.63) is 0 Å². The number of nitrogens with zero attached hydrogens (tertiary/aromatic N) is 2. The smallest absolute Gasteiger partial charge is 0.248 e. The summed E-state index contributed by atoms with van der Waals surface area (Å²) in [6.07, 6.45) is 0. The molecular formula is C8H14N2O2. The number of rotatable bonds is 0. The highest BCUT2D eigenvalue weighted by Gasteiger charge is 2.42. The maximum absolute atomic E-state index is 11.5. The highest BCUT2D eigenvalue weighted by Crippen LogP contribution is 2.19. The second-order valence-electron chi connectivity index (χ2n) is 3.67. The molecule has 1 fully saturated rings. The van der Waals surface area contributed by atoms with Gasteiger partial charge in [0.1, 0.15) is 5.54 Å². The van der Waals surface area contributed by atoms with Gasteiger partial charge in [0.05, 0.1) is 6.54 Å². The number of carbonyl (C=O) groups excluding carboxylic acids is 2. The number of amides is 2. The van der Waals surface area contributed by atoms with Crippen molar-refractivity contribution < 1.29 is 9.59 Å². The molecule has 0 aromatic heterocycles. The van der Waals surface area contributed by atoms with Crippen LogP contribution in [0, 0.1) is 0 Å². The number of piperazine rings is 1. The third-order valence-electron chi connectivity index (χ3n) is 2.46. The van der Waals surface area contributed by atoms with Crippen LogP contribution in [0.2, 0.25) is 0 Å².